The summed E-state index contributed by atoms with van der Waals surface area (Å²) in [7, 11) is 3.50. The van der Waals surface area contributed by atoms with E-state index >= 15 is 0 Å². The van der Waals surface area contributed by atoms with E-state index in [-0.39, 0.29) is 17.8 Å². The number of rotatable bonds is 8. The highest BCUT2D eigenvalue weighted by Gasteiger charge is 2.39. The van der Waals surface area contributed by atoms with Crippen molar-refractivity contribution in [3.05, 3.63) is 36.2 Å². The summed E-state index contributed by atoms with van der Waals surface area (Å²) in [5.74, 6) is 1.21. The molecule has 11 heteroatoms. The van der Waals surface area contributed by atoms with Gasteiger partial charge in [-0.1, -0.05) is 0 Å². The van der Waals surface area contributed by atoms with E-state index in [0.29, 0.717) is 35.3 Å². The summed E-state index contributed by atoms with van der Waals surface area (Å²) in [6, 6.07) is 5.02. The van der Waals surface area contributed by atoms with Gasteiger partial charge >= 0.3 is 0 Å². The van der Waals surface area contributed by atoms with Gasteiger partial charge in [0.05, 0.1) is 18.3 Å². The fourth-order valence-corrected chi connectivity index (χ4v) is 4.19. The van der Waals surface area contributed by atoms with Crippen LogP contribution >= 0.6 is 0 Å². The zero-order valence-corrected chi connectivity index (χ0v) is 19.1. The van der Waals surface area contributed by atoms with E-state index in [1.54, 1.807) is 26.4 Å². The predicted molar refractivity (Wildman–Crippen MR) is 125 cm³/mol. The highest BCUT2D eigenvalue weighted by molar-refractivity contribution is 6.00. The Labute approximate surface area is 196 Å². The molecule has 34 heavy (non-hydrogen) atoms. The first-order valence-electron chi connectivity index (χ1n) is 11.5. The second-order valence-corrected chi connectivity index (χ2v) is 8.64. The number of methoxy groups -OCH3 is 1. The van der Waals surface area contributed by atoms with Crippen LogP contribution in [-0.2, 0) is 4.74 Å². The van der Waals surface area contributed by atoms with Crippen LogP contribution in [0.4, 0.5) is 21.7 Å². The Morgan fingerprint density at radius 1 is 1.24 bits per heavy atom. The van der Waals surface area contributed by atoms with Gasteiger partial charge in [-0.05, 0) is 37.8 Å². The van der Waals surface area contributed by atoms with Gasteiger partial charge in [-0.15, -0.1) is 0 Å². The van der Waals surface area contributed by atoms with Crippen LogP contribution in [0.3, 0.4) is 0 Å². The molecule has 3 N–H and O–H groups in total. The molecular formula is C23H28FN7O3. The van der Waals surface area contributed by atoms with Gasteiger partial charge in [-0.2, -0.15) is 9.61 Å². The van der Waals surface area contributed by atoms with Gasteiger partial charge in [0.2, 0.25) is 5.88 Å². The van der Waals surface area contributed by atoms with E-state index in [4.69, 9.17) is 9.47 Å². The number of ether oxygens (including phenoxy) is 2. The van der Waals surface area contributed by atoms with Crippen LogP contribution in [0.25, 0.3) is 5.65 Å². The number of halogens is 1. The fraction of sp³-hybridized carbons (Fsp3) is 0.478. The molecule has 1 amide bonds. The quantitative estimate of drug-likeness (QED) is 0.461. The number of fused-ring (bicyclic) bond motifs is 1. The van der Waals surface area contributed by atoms with Crippen LogP contribution in [0, 0.1) is 0 Å². The lowest BCUT2D eigenvalue weighted by atomic mass is 9.95. The van der Waals surface area contributed by atoms with Gasteiger partial charge in [-0.3, -0.25) is 4.79 Å². The number of anilines is 3. The molecular weight excluding hydrogens is 441 g/mol. The van der Waals surface area contributed by atoms with E-state index in [0.717, 1.165) is 25.7 Å². The Kier molecular flexibility index (Phi) is 6.18. The van der Waals surface area contributed by atoms with Gasteiger partial charge in [0.1, 0.15) is 35.2 Å². The van der Waals surface area contributed by atoms with Crippen molar-refractivity contribution >= 4 is 28.9 Å². The van der Waals surface area contributed by atoms with Crippen LogP contribution < -0.4 is 20.7 Å². The van der Waals surface area contributed by atoms with Crippen LogP contribution in [0.2, 0.25) is 0 Å². The van der Waals surface area contributed by atoms with Crippen LogP contribution in [0.15, 0.2) is 30.6 Å². The van der Waals surface area contributed by atoms with E-state index in [9.17, 15) is 9.18 Å². The van der Waals surface area contributed by atoms with E-state index in [2.05, 4.69) is 31.0 Å². The minimum Gasteiger partial charge on any atom is -0.473 e. The maximum absolute atomic E-state index is 13.3. The highest BCUT2D eigenvalue weighted by Crippen LogP contribution is 2.31. The molecule has 5 rings (SSSR count). The minimum absolute atomic E-state index is 0.0667. The summed E-state index contributed by atoms with van der Waals surface area (Å²) in [6.45, 7) is 0. The molecule has 2 saturated carbocycles. The van der Waals surface area contributed by atoms with Crippen molar-refractivity contribution in [3.63, 3.8) is 0 Å². The average molecular weight is 470 g/mol. The van der Waals surface area contributed by atoms with Gasteiger partial charge in [-0.25, -0.2) is 14.4 Å². The Morgan fingerprint density at radius 3 is 2.71 bits per heavy atom. The third kappa shape index (κ3) is 4.60. The topological polar surface area (TPSA) is 115 Å². The Balaban J connectivity index is 1.38. The molecule has 0 radical (unpaired) electrons. The summed E-state index contributed by atoms with van der Waals surface area (Å²) in [5.41, 5.74) is 1.29. The molecule has 3 heterocycles. The summed E-state index contributed by atoms with van der Waals surface area (Å²) in [5, 5.41) is 13.3. The molecule has 0 bridgehead atoms. The number of alkyl halides is 1. The SMILES string of the molecule is CNc1cc(Nc2cccnc2O[C@H]2CC[C@H](OC)CC2)nc2c(C(=O)N[C@H]3C[C@H]3F)cnn12. The standard InChI is InChI=1S/C23H28FN7O3/c1-25-20-11-19(30-21-15(12-27-31(20)21)22(32)29-18-10-16(18)24)28-17-4-3-9-26-23(17)34-14-7-5-13(33-2)6-8-14/h3-4,9,11-14,16,18,25H,5-8,10H2,1-2H3,(H,28,30)(H,29,32)/t13-,14-,16-,18+/m1/s1. The predicted octanol–water partition coefficient (Wildman–Crippen LogP) is 3.09. The smallest absolute Gasteiger partial charge is 0.257 e. The molecule has 2 aliphatic rings. The highest BCUT2D eigenvalue weighted by atomic mass is 19.1. The number of amides is 1. The first-order chi connectivity index (χ1) is 16.6. The number of hydrogen-bond donors (Lipinski definition) is 3. The number of aromatic nitrogens is 4. The van der Waals surface area contributed by atoms with Crippen LogP contribution in [0.1, 0.15) is 42.5 Å². The summed E-state index contributed by atoms with van der Waals surface area (Å²) >= 11 is 0. The van der Waals surface area contributed by atoms with E-state index in [1.807, 2.05) is 12.1 Å². The normalized spacial score (nSPS) is 24.0. The van der Waals surface area contributed by atoms with E-state index < -0.39 is 18.1 Å². The molecule has 2 fully saturated rings. The van der Waals surface area contributed by atoms with Crippen molar-refractivity contribution in [2.24, 2.45) is 0 Å². The number of carbonyl (C=O) groups is 1. The molecule has 3 aromatic heterocycles. The molecule has 0 saturated heterocycles. The van der Waals surface area contributed by atoms with Gasteiger partial charge in [0, 0.05) is 32.8 Å². The second-order valence-electron chi connectivity index (χ2n) is 8.64. The monoisotopic (exact) mass is 469 g/mol. The van der Waals surface area contributed by atoms with E-state index in [1.165, 1.54) is 10.7 Å². The second kappa shape index (κ2) is 9.41. The third-order valence-corrected chi connectivity index (χ3v) is 6.27. The lowest BCUT2D eigenvalue weighted by Crippen LogP contribution is -2.28. The zero-order chi connectivity index (χ0) is 23.7. The van der Waals surface area contributed by atoms with Crippen molar-refractivity contribution in [2.45, 2.75) is 56.5 Å². The van der Waals surface area contributed by atoms with Crippen molar-refractivity contribution in [1.29, 1.82) is 0 Å². The van der Waals surface area contributed by atoms with Crippen molar-refractivity contribution in [3.8, 4) is 5.88 Å². The number of pyridine rings is 1. The molecule has 2 atom stereocenters. The average Bonchev–Trinajstić information content (AvgIpc) is 3.37. The van der Waals surface area contributed by atoms with Gasteiger partial charge in [0.25, 0.3) is 5.91 Å². The number of hydrogen-bond acceptors (Lipinski definition) is 8. The van der Waals surface area contributed by atoms with Gasteiger partial charge < -0.3 is 25.4 Å². The largest absolute Gasteiger partial charge is 0.473 e. The van der Waals surface area contributed by atoms with Crippen LogP contribution in [-0.4, -0.2) is 64.1 Å². The molecule has 2 aliphatic carbocycles. The maximum Gasteiger partial charge on any atom is 0.257 e. The molecule has 0 spiro atoms. The first kappa shape index (κ1) is 22.3. The van der Waals surface area contributed by atoms with Crippen molar-refractivity contribution in [1.82, 2.24) is 24.9 Å². The Hall–Kier alpha value is -3.47. The molecule has 0 aliphatic heterocycles. The van der Waals surface area contributed by atoms with Crippen LogP contribution in [0.5, 0.6) is 5.88 Å². The number of carbonyl (C=O) groups excluding carboxylic acids is 1. The Bertz CT molecular complexity index is 1180. The number of nitrogens with one attached hydrogen (secondary N) is 3. The van der Waals surface area contributed by atoms with Crippen molar-refractivity contribution in [2.75, 3.05) is 24.8 Å². The summed E-state index contributed by atoms with van der Waals surface area (Å²) < 4.78 is 26.5. The third-order valence-electron chi connectivity index (χ3n) is 6.27. The minimum atomic E-state index is -0.989. The number of nitrogens with zero attached hydrogens (tertiary/aromatic N) is 4. The lowest BCUT2D eigenvalue weighted by molar-refractivity contribution is 0.0317. The summed E-state index contributed by atoms with van der Waals surface area (Å²) in [4.78, 5) is 21.7. The molecule has 0 unspecified atom stereocenters. The Morgan fingerprint density at radius 2 is 2.00 bits per heavy atom. The fourth-order valence-electron chi connectivity index (χ4n) is 4.19. The molecule has 0 aromatic carbocycles. The van der Waals surface area contributed by atoms with Gasteiger partial charge in [0.15, 0.2) is 5.65 Å². The molecule has 3 aromatic rings. The zero-order valence-electron chi connectivity index (χ0n) is 19.1. The maximum atomic E-state index is 13.3. The molecule has 180 valence electrons. The lowest BCUT2D eigenvalue weighted by Gasteiger charge is -2.28. The van der Waals surface area contributed by atoms with Crippen molar-refractivity contribution < 1.29 is 18.7 Å². The summed E-state index contributed by atoms with van der Waals surface area (Å²) in [6.07, 6.45) is 6.54. The first-order valence-corrected chi connectivity index (χ1v) is 11.5. The molecule has 10 nitrogen and oxygen atoms in total.